The number of hydrogen-bond donors (Lipinski definition) is 2. The molecule has 3 N–H and O–H groups in total. The van der Waals surface area contributed by atoms with Gasteiger partial charge in [-0.1, -0.05) is 48.5 Å². The molecule has 4 nitrogen and oxygen atoms in total. The number of nitrogens with one attached hydrogen (secondary N) is 1. The molecule has 104 valence electrons. The summed E-state index contributed by atoms with van der Waals surface area (Å²) in [5.41, 5.74) is 8.14. The summed E-state index contributed by atoms with van der Waals surface area (Å²) in [4.78, 5) is 11.8. The number of hydrogen-bond acceptors (Lipinski definition) is 3. The summed E-state index contributed by atoms with van der Waals surface area (Å²) in [6.07, 6.45) is 0. The highest BCUT2D eigenvalue weighted by molar-refractivity contribution is 5.96. The molecule has 0 heterocycles. The van der Waals surface area contributed by atoms with Gasteiger partial charge in [0.1, 0.15) is 6.61 Å². The SMILES string of the molecule is NCCOCC(=O)Nc1ccccc1-c1ccccc1. The average molecular weight is 270 g/mol. The molecule has 20 heavy (non-hydrogen) atoms. The Morgan fingerprint density at radius 1 is 1.05 bits per heavy atom. The van der Waals surface area contributed by atoms with Crippen molar-refractivity contribution in [2.24, 2.45) is 5.73 Å². The highest BCUT2D eigenvalue weighted by Gasteiger charge is 2.07. The molecule has 0 aromatic heterocycles. The van der Waals surface area contributed by atoms with Crippen LogP contribution in [0.3, 0.4) is 0 Å². The van der Waals surface area contributed by atoms with Crippen molar-refractivity contribution in [1.82, 2.24) is 0 Å². The first-order valence-corrected chi connectivity index (χ1v) is 6.53. The van der Waals surface area contributed by atoms with Crippen LogP contribution >= 0.6 is 0 Å². The summed E-state index contributed by atoms with van der Waals surface area (Å²) < 4.78 is 5.13. The van der Waals surface area contributed by atoms with Crippen LogP contribution in [-0.4, -0.2) is 25.7 Å². The maximum atomic E-state index is 11.8. The van der Waals surface area contributed by atoms with Gasteiger partial charge in [0, 0.05) is 17.8 Å². The number of carbonyl (C=O) groups excluding carboxylic acids is 1. The minimum Gasteiger partial charge on any atom is -0.370 e. The van der Waals surface area contributed by atoms with Crippen molar-refractivity contribution < 1.29 is 9.53 Å². The van der Waals surface area contributed by atoms with E-state index in [1.54, 1.807) is 0 Å². The van der Waals surface area contributed by atoms with Crippen LogP contribution < -0.4 is 11.1 Å². The Morgan fingerprint density at radius 2 is 1.75 bits per heavy atom. The van der Waals surface area contributed by atoms with Crippen LogP contribution in [0.25, 0.3) is 11.1 Å². The van der Waals surface area contributed by atoms with E-state index in [4.69, 9.17) is 10.5 Å². The van der Waals surface area contributed by atoms with Gasteiger partial charge >= 0.3 is 0 Å². The normalized spacial score (nSPS) is 10.2. The lowest BCUT2D eigenvalue weighted by molar-refractivity contribution is -0.120. The standard InChI is InChI=1S/C16H18N2O2/c17-10-11-20-12-16(19)18-15-9-5-4-8-14(15)13-6-2-1-3-7-13/h1-9H,10-12,17H2,(H,18,19). The first-order valence-electron chi connectivity index (χ1n) is 6.53. The predicted octanol–water partition coefficient (Wildman–Crippen LogP) is 2.27. The first kappa shape index (κ1) is 14.2. The number of anilines is 1. The average Bonchev–Trinajstić information content (AvgIpc) is 2.49. The van der Waals surface area contributed by atoms with Crippen LogP contribution in [-0.2, 0) is 9.53 Å². The number of nitrogens with two attached hydrogens (primary N) is 1. The molecule has 4 heteroatoms. The number of para-hydroxylation sites is 1. The van der Waals surface area contributed by atoms with Crippen LogP contribution in [0.5, 0.6) is 0 Å². The molecule has 0 atom stereocenters. The Balaban J connectivity index is 2.11. The van der Waals surface area contributed by atoms with E-state index in [0.29, 0.717) is 13.2 Å². The maximum absolute atomic E-state index is 11.8. The van der Waals surface area contributed by atoms with Gasteiger partial charge in [-0.25, -0.2) is 0 Å². The van der Waals surface area contributed by atoms with Gasteiger partial charge in [0.05, 0.1) is 6.61 Å². The van der Waals surface area contributed by atoms with E-state index in [9.17, 15) is 4.79 Å². The van der Waals surface area contributed by atoms with Gasteiger partial charge in [0.2, 0.25) is 5.91 Å². The van der Waals surface area contributed by atoms with E-state index in [-0.39, 0.29) is 12.5 Å². The van der Waals surface area contributed by atoms with Crippen LogP contribution in [0.15, 0.2) is 54.6 Å². The van der Waals surface area contributed by atoms with Crippen molar-refractivity contribution in [2.45, 2.75) is 0 Å². The van der Waals surface area contributed by atoms with Crippen LogP contribution in [0.1, 0.15) is 0 Å². The van der Waals surface area contributed by atoms with Gasteiger partial charge < -0.3 is 15.8 Å². The second-order valence-electron chi connectivity index (χ2n) is 4.30. The predicted molar refractivity (Wildman–Crippen MR) is 80.4 cm³/mol. The smallest absolute Gasteiger partial charge is 0.250 e. The molecular formula is C16H18N2O2. The van der Waals surface area contributed by atoms with Gasteiger partial charge in [-0.3, -0.25) is 4.79 Å². The van der Waals surface area contributed by atoms with E-state index in [2.05, 4.69) is 5.32 Å². The van der Waals surface area contributed by atoms with E-state index in [0.717, 1.165) is 16.8 Å². The molecule has 0 fully saturated rings. The van der Waals surface area contributed by atoms with Crippen LogP contribution in [0, 0.1) is 0 Å². The molecule has 0 saturated carbocycles. The third-order valence-corrected chi connectivity index (χ3v) is 2.78. The molecule has 0 aliphatic heterocycles. The Kier molecular flexibility index (Phi) is 5.29. The molecule has 0 spiro atoms. The maximum Gasteiger partial charge on any atom is 0.250 e. The lowest BCUT2D eigenvalue weighted by Crippen LogP contribution is -2.21. The van der Waals surface area contributed by atoms with Crippen molar-refractivity contribution in [3.63, 3.8) is 0 Å². The largest absolute Gasteiger partial charge is 0.370 e. The van der Waals surface area contributed by atoms with Crippen molar-refractivity contribution in [1.29, 1.82) is 0 Å². The fourth-order valence-corrected chi connectivity index (χ4v) is 1.90. The highest BCUT2D eigenvalue weighted by atomic mass is 16.5. The molecule has 0 bridgehead atoms. The van der Waals surface area contributed by atoms with Gasteiger partial charge in [-0.05, 0) is 11.6 Å². The minimum atomic E-state index is -0.179. The molecule has 0 unspecified atom stereocenters. The number of ether oxygens (including phenoxy) is 1. The monoisotopic (exact) mass is 270 g/mol. The number of amides is 1. The molecule has 1 amide bonds. The van der Waals surface area contributed by atoms with Crippen molar-refractivity contribution in [3.8, 4) is 11.1 Å². The zero-order valence-electron chi connectivity index (χ0n) is 11.2. The van der Waals surface area contributed by atoms with E-state index in [1.165, 1.54) is 0 Å². The molecular weight excluding hydrogens is 252 g/mol. The Morgan fingerprint density at radius 3 is 2.50 bits per heavy atom. The molecule has 0 aliphatic carbocycles. The van der Waals surface area contributed by atoms with Crippen molar-refractivity contribution >= 4 is 11.6 Å². The van der Waals surface area contributed by atoms with Crippen LogP contribution in [0.4, 0.5) is 5.69 Å². The van der Waals surface area contributed by atoms with Crippen LogP contribution in [0.2, 0.25) is 0 Å². The summed E-state index contributed by atoms with van der Waals surface area (Å²) >= 11 is 0. The van der Waals surface area contributed by atoms with Gasteiger partial charge in [-0.15, -0.1) is 0 Å². The van der Waals surface area contributed by atoms with E-state index >= 15 is 0 Å². The number of benzene rings is 2. The quantitative estimate of drug-likeness (QED) is 0.791. The zero-order chi connectivity index (χ0) is 14.2. The molecule has 2 rings (SSSR count). The Labute approximate surface area is 118 Å². The third-order valence-electron chi connectivity index (χ3n) is 2.78. The second-order valence-corrected chi connectivity index (χ2v) is 4.30. The summed E-state index contributed by atoms with van der Waals surface area (Å²) in [5, 5.41) is 2.86. The van der Waals surface area contributed by atoms with E-state index in [1.807, 2.05) is 54.6 Å². The summed E-state index contributed by atoms with van der Waals surface area (Å²) in [7, 11) is 0. The van der Waals surface area contributed by atoms with Gasteiger partial charge in [-0.2, -0.15) is 0 Å². The second kappa shape index (κ2) is 7.43. The third kappa shape index (κ3) is 3.91. The molecule has 0 radical (unpaired) electrons. The van der Waals surface area contributed by atoms with Crippen molar-refractivity contribution in [3.05, 3.63) is 54.6 Å². The Hall–Kier alpha value is -2.17. The topological polar surface area (TPSA) is 64.3 Å². The Bertz CT molecular complexity index is 555. The van der Waals surface area contributed by atoms with E-state index < -0.39 is 0 Å². The van der Waals surface area contributed by atoms with Gasteiger partial charge in [0.15, 0.2) is 0 Å². The first-order chi connectivity index (χ1) is 9.81. The van der Waals surface area contributed by atoms with Crippen molar-refractivity contribution in [2.75, 3.05) is 25.1 Å². The minimum absolute atomic E-state index is 0.0142. The molecule has 0 aliphatic rings. The summed E-state index contributed by atoms with van der Waals surface area (Å²) in [6, 6.07) is 17.6. The van der Waals surface area contributed by atoms with Gasteiger partial charge in [0.25, 0.3) is 0 Å². The lowest BCUT2D eigenvalue weighted by Gasteiger charge is -2.11. The summed E-state index contributed by atoms with van der Waals surface area (Å²) in [6.45, 7) is 0.807. The fraction of sp³-hybridized carbons (Fsp3) is 0.188. The molecule has 2 aromatic carbocycles. The lowest BCUT2D eigenvalue weighted by atomic mass is 10.0. The fourth-order valence-electron chi connectivity index (χ4n) is 1.90. The zero-order valence-corrected chi connectivity index (χ0v) is 11.2. The molecule has 0 saturated heterocycles. The highest BCUT2D eigenvalue weighted by Crippen LogP contribution is 2.27. The molecule has 2 aromatic rings. The number of rotatable bonds is 6. The summed E-state index contributed by atoms with van der Waals surface area (Å²) in [5.74, 6) is -0.179. The number of carbonyl (C=O) groups is 1.